The number of fused-ring (bicyclic) bond motifs is 3. The molecule has 0 amide bonds. The highest BCUT2D eigenvalue weighted by atomic mass is 19.1. The number of carboxylic acids is 1. The minimum Gasteiger partial charge on any atom is -0.491 e. The van der Waals surface area contributed by atoms with Gasteiger partial charge in [0.25, 0.3) is 0 Å². The molecule has 3 aromatic rings. The first-order chi connectivity index (χ1) is 15.3. The number of carboxylic acid groups (broad SMARTS) is 1. The molecule has 0 spiro atoms. The Kier molecular flexibility index (Phi) is 4.69. The van der Waals surface area contributed by atoms with E-state index in [1.807, 2.05) is 36.4 Å². The summed E-state index contributed by atoms with van der Waals surface area (Å²) >= 11 is 0. The topological polar surface area (TPSA) is 55.8 Å². The zero-order valence-corrected chi connectivity index (χ0v) is 17.7. The van der Waals surface area contributed by atoms with E-state index in [2.05, 4.69) is 0 Å². The van der Waals surface area contributed by atoms with E-state index in [0.717, 1.165) is 23.1 Å². The van der Waals surface area contributed by atoms with Gasteiger partial charge in [-0.1, -0.05) is 24.3 Å². The molecule has 0 radical (unpaired) electrons. The average Bonchev–Trinajstić information content (AvgIpc) is 3.42. The van der Waals surface area contributed by atoms with E-state index in [0.29, 0.717) is 28.9 Å². The van der Waals surface area contributed by atoms with Crippen LogP contribution in [0.15, 0.2) is 48.5 Å². The fraction of sp³-hybridized carbons (Fsp3) is 0.269. The van der Waals surface area contributed by atoms with E-state index in [9.17, 15) is 18.7 Å². The summed E-state index contributed by atoms with van der Waals surface area (Å²) in [6.45, 7) is 1.87. The third-order valence-electron chi connectivity index (χ3n) is 6.78. The van der Waals surface area contributed by atoms with Crippen molar-refractivity contribution in [3.8, 4) is 22.6 Å². The van der Waals surface area contributed by atoms with Crippen LogP contribution in [0, 0.1) is 24.5 Å². The number of aliphatic carboxylic acids is 1. The Hall–Kier alpha value is -3.41. The zero-order valence-electron chi connectivity index (χ0n) is 17.7. The van der Waals surface area contributed by atoms with Crippen molar-refractivity contribution in [3.63, 3.8) is 0 Å². The molecule has 0 bridgehead atoms. The normalized spacial score (nSPS) is 20.4. The molecule has 1 N–H and O–H groups in total. The van der Waals surface area contributed by atoms with Crippen LogP contribution in [0.3, 0.4) is 0 Å². The summed E-state index contributed by atoms with van der Waals surface area (Å²) in [7, 11) is 1.24. The van der Waals surface area contributed by atoms with Gasteiger partial charge in [-0.15, -0.1) is 0 Å². The molecule has 2 aliphatic rings. The van der Waals surface area contributed by atoms with Crippen molar-refractivity contribution >= 4 is 5.97 Å². The average molecular weight is 436 g/mol. The van der Waals surface area contributed by atoms with Crippen molar-refractivity contribution in [1.82, 2.24) is 0 Å². The van der Waals surface area contributed by atoms with Gasteiger partial charge in [0.2, 0.25) is 0 Å². The van der Waals surface area contributed by atoms with Gasteiger partial charge in [0.15, 0.2) is 17.4 Å². The molecule has 0 aliphatic heterocycles. The van der Waals surface area contributed by atoms with E-state index in [1.165, 1.54) is 13.2 Å². The Morgan fingerprint density at radius 3 is 2.75 bits per heavy atom. The van der Waals surface area contributed by atoms with Crippen LogP contribution in [0.4, 0.5) is 8.78 Å². The quantitative estimate of drug-likeness (QED) is 0.560. The molecular formula is C26H22F2O4. The monoisotopic (exact) mass is 436 g/mol. The van der Waals surface area contributed by atoms with Gasteiger partial charge < -0.3 is 14.6 Å². The van der Waals surface area contributed by atoms with Crippen LogP contribution in [0.2, 0.25) is 0 Å². The van der Waals surface area contributed by atoms with Gasteiger partial charge in [-0.2, -0.15) is 0 Å². The Balaban J connectivity index is 1.36. The molecule has 1 fully saturated rings. The first kappa shape index (κ1) is 20.5. The van der Waals surface area contributed by atoms with Crippen molar-refractivity contribution in [2.45, 2.75) is 31.8 Å². The minimum atomic E-state index is -0.748. The fourth-order valence-electron chi connectivity index (χ4n) is 4.99. The maximum atomic E-state index is 14.5. The number of benzene rings is 3. The molecule has 2 atom stereocenters. The van der Waals surface area contributed by atoms with Crippen LogP contribution in [-0.4, -0.2) is 18.2 Å². The molecule has 32 heavy (non-hydrogen) atoms. The number of rotatable bonds is 6. The molecule has 2 aliphatic carbocycles. The Labute approximate surface area is 184 Å². The number of halogens is 2. The van der Waals surface area contributed by atoms with Gasteiger partial charge >= 0.3 is 5.97 Å². The van der Waals surface area contributed by atoms with Crippen molar-refractivity contribution in [2.24, 2.45) is 5.92 Å². The molecular weight excluding hydrogens is 414 g/mol. The lowest BCUT2D eigenvalue weighted by Crippen LogP contribution is -2.19. The SMILES string of the molecule is COc1c(F)cc(-c2cccc(COc3ccc4c(c3)CC3CC43C(=O)O)c2)c(C)c1F. The Morgan fingerprint density at radius 1 is 1.19 bits per heavy atom. The van der Waals surface area contributed by atoms with Crippen molar-refractivity contribution in [3.05, 3.63) is 82.4 Å². The van der Waals surface area contributed by atoms with Gasteiger partial charge in [-0.25, -0.2) is 8.78 Å². The predicted octanol–water partition coefficient (Wildman–Crippen LogP) is 5.43. The number of ether oxygens (including phenoxy) is 2. The molecule has 164 valence electrons. The first-order valence-electron chi connectivity index (χ1n) is 10.5. The van der Waals surface area contributed by atoms with Crippen LogP contribution in [0.25, 0.3) is 11.1 Å². The maximum absolute atomic E-state index is 14.5. The van der Waals surface area contributed by atoms with Gasteiger partial charge in [0, 0.05) is 0 Å². The molecule has 6 heteroatoms. The lowest BCUT2D eigenvalue weighted by atomic mass is 9.95. The summed E-state index contributed by atoms with van der Waals surface area (Å²) in [4.78, 5) is 11.7. The molecule has 2 unspecified atom stereocenters. The summed E-state index contributed by atoms with van der Waals surface area (Å²) in [6.07, 6.45) is 1.48. The zero-order chi connectivity index (χ0) is 22.6. The summed E-state index contributed by atoms with van der Waals surface area (Å²) in [5.41, 5.74) is 3.55. The molecule has 1 saturated carbocycles. The van der Waals surface area contributed by atoms with Crippen molar-refractivity contribution in [1.29, 1.82) is 0 Å². The summed E-state index contributed by atoms with van der Waals surface area (Å²) < 4.78 is 39.5. The van der Waals surface area contributed by atoms with Crippen LogP contribution in [-0.2, 0) is 23.2 Å². The first-order valence-corrected chi connectivity index (χ1v) is 10.5. The van der Waals surface area contributed by atoms with Gasteiger partial charge in [-0.3, -0.25) is 4.79 Å². The van der Waals surface area contributed by atoms with E-state index >= 15 is 0 Å². The Morgan fingerprint density at radius 2 is 2.00 bits per heavy atom. The van der Waals surface area contributed by atoms with Crippen LogP contribution >= 0.6 is 0 Å². The second-order valence-corrected chi connectivity index (χ2v) is 8.57. The van der Waals surface area contributed by atoms with E-state index in [4.69, 9.17) is 9.47 Å². The smallest absolute Gasteiger partial charge is 0.314 e. The van der Waals surface area contributed by atoms with Crippen molar-refractivity contribution < 1.29 is 28.2 Å². The highest BCUT2D eigenvalue weighted by molar-refractivity contribution is 5.88. The standard InChI is InChI=1S/C26H22F2O4/c1-14-20(11-22(27)24(31-2)23(14)28)16-5-3-4-15(8-16)13-32-19-6-7-21-17(10-19)9-18-12-26(18,21)25(29)30/h3-8,10-11,18H,9,12-13H2,1-2H3,(H,29,30). The summed E-state index contributed by atoms with van der Waals surface area (Å²) in [5, 5.41) is 9.60. The lowest BCUT2D eigenvalue weighted by molar-refractivity contribution is -0.140. The third-order valence-corrected chi connectivity index (χ3v) is 6.78. The molecule has 5 rings (SSSR count). The molecule has 0 aromatic heterocycles. The van der Waals surface area contributed by atoms with Gasteiger partial charge in [0.1, 0.15) is 12.4 Å². The highest BCUT2D eigenvalue weighted by Crippen LogP contribution is 2.62. The van der Waals surface area contributed by atoms with E-state index < -0.39 is 23.0 Å². The summed E-state index contributed by atoms with van der Waals surface area (Å²) in [5.74, 6) is -1.72. The highest BCUT2D eigenvalue weighted by Gasteiger charge is 2.65. The van der Waals surface area contributed by atoms with E-state index in [1.54, 1.807) is 13.0 Å². The number of hydrogen-bond acceptors (Lipinski definition) is 3. The second-order valence-electron chi connectivity index (χ2n) is 8.57. The summed E-state index contributed by atoms with van der Waals surface area (Å²) in [6, 6.07) is 14.2. The maximum Gasteiger partial charge on any atom is 0.314 e. The minimum absolute atomic E-state index is 0.190. The van der Waals surface area contributed by atoms with Gasteiger partial charge in [0.05, 0.1) is 12.5 Å². The predicted molar refractivity (Wildman–Crippen MR) is 115 cm³/mol. The molecule has 3 aromatic carbocycles. The molecule has 0 saturated heterocycles. The number of methoxy groups -OCH3 is 1. The van der Waals surface area contributed by atoms with Crippen LogP contribution in [0.5, 0.6) is 11.5 Å². The second kappa shape index (κ2) is 7.33. The lowest BCUT2D eigenvalue weighted by Gasteiger charge is -2.14. The van der Waals surface area contributed by atoms with Crippen LogP contribution < -0.4 is 9.47 Å². The fourth-order valence-corrected chi connectivity index (χ4v) is 4.99. The van der Waals surface area contributed by atoms with Crippen molar-refractivity contribution in [2.75, 3.05) is 7.11 Å². The third kappa shape index (κ3) is 3.05. The van der Waals surface area contributed by atoms with E-state index in [-0.39, 0.29) is 18.3 Å². The molecule has 0 heterocycles. The number of carbonyl (C=O) groups is 1. The van der Waals surface area contributed by atoms with Crippen LogP contribution in [0.1, 0.15) is 28.7 Å². The number of hydrogen-bond donors (Lipinski definition) is 1. The Bertz CT molecular complexity index is 1250. The van der Waals surface area contributed by atoms with Gasteiger partial charge in [-0.05, 0) is 83.3 Å². The largest absolute Gasteiger partial charge is 0.491 e. The molecule has 4 nitrogen and oxygen atoms in total.